The van der Waals surface area contributed by atoms with E-state index in [-0.39, 0.29) is 18.7 Å². The third-order valence-corrected chi connectivity index (χ3v) is 4.17. The average molecular weight is 397 g/mol. The number of carbonyl (C=O) groups excluding carboxylic acids is 1. The Hall–Kier alpha value is -3.36. The van der Waals surface area contributed by atoms with Crippen molar-refractivity contribution in [2.75, 3.05) is 12.3 Å². The van der Waals surface area contributed by atoms with E-state index in [2.05, 4.69) is 25.8 Å². The monoisotopic (exact) mass is 397 g/mol. The Morgan fingerprint density at radius 2 is 2.03 bits per heavy atom. The summed E-state index contributed by atoms with van der Waals surface area (Å²) in [6, 6.07) is 7.63. The molecule has 0 radical (unpaired) electrons. The first-order valence-electron chi connectivity index (χ1n) is 9.57. The number of hydrogen-bond donors (Lipinski definition) is 3. The molecule has 0 saturated carbocycles. The van der Waals surface area contributed by atoms with Gasteiger partial charge in [0.25, 0.3) is 0 Å². The number of nitrogens with one attached hydrogen (secondary N) is 2. The number of nitrogens with two attached hydrogens (primary N) is 1. The Bertz CT molecular complexity index is 1050. The molecule has 0 fully saturated rings. The van der Waals surface area contributed by atoms with E-state index in [1.165, 1.54) is 0 Å². The van der Waals surface area contributed by atoms with Crippen molar-refractivity contribution in [3.8, 4) is 0 Å². The summed E-state index contributed by atoms with van der Waals surface area (Å²) in [5, 5.41) is 10.6. The zero-order valence-corrected chi connectivity index (χ0v) is 17.2. The highest BCUT2D eigenvalue weighted by molar-refractivity contribution is 6.06. The van der Waals surface area contributed by atoms with E-state index < -0.39 is 0 Å². The van der Waals surface area contributed by atoms with Crippen LogP contribution in [0.2, 0.25) is 0 Å². The van der Waals surface area contributed by atoms with Crippen LogP contribution in [0.15, 0.2) is 29.4 Å². The van der Waals surface area contributed by atoms with Gasteiger partial charge in [-0.05, 0) is 33.8 Å². The van der Waals surface area contributed by atoms with E-state index in [1.807, 2.05) is 56.5 Å². The molecule has 0 aliphatic heterocycles. The van der Waals surface area contributed by atoms with Crippen LogP contribution in [0, 0.1) is 0 Å². The number of para-hydroxylation sites is 1. The Balaban J connectivity index is 1.98. The number of benzene rings is 1. The van der Waals surface area contributed by atoms with Crippen LogP contribution >= 0.6 is 0 Å². The number of carbonyl (C=O) groups is 1. The van der Waals surface area contributed by atoms with Crippen molar-refractivity contribution < 1.29 is 9.63 Å². The molecule has 0 aliphatic rings. The van der Waals surface area contributed by atoms with Gasteiger partial charge in [0, 0.05) is 24.5 Å². The summed E-state index contributed by atoms with van der Waals surface area (Å²) in [6.45, 7) is 8.65. The highest BCUT2D eigenvalue weighted by atomic mass is 16.6. The predicted molar refractivity (Wildman–Crippen MR) is 115 cm³/mol. The van der Waals surface area contributed by atoms with Crippen LogP contribution < -0.4 is 16.4 Å². The highest BCUT2D eigenvalue weighted by Gasteiger charge is 2.17. The number of aromatic nitrogens is 3. The van der Waals surface area contributed by atoms with Gasteiger partial charge in [-0.1, -0.05) is 23.4 Å². The van der Waals surface area contributed by atoms with Crippen LogP contribution in [0.1, 0.15) is 33.5 Å². The number of pyridine rings is 1. The molecule has 0 atom stereocenters. The summed E-state index contributed by atoms with van der Waals surface area (Å²) in [5.41, 5.74) is 9.27. The van der Waals surface area contributed by atoms with Crippen molar-refractivity contribution in [2.24, 2.45) is 5.16 Å². The molecule has 154 valence electrons. The molecule has 0 saturated heterocycles. The normalized spacial score (nSPS) is 11.1. The van der Waals surface area contributed by atoms with Crippen molar-refractivity contribution in [1.29, 1.82) is 0 Å². The maximum atomic E-state index is 11.9. The van der Waals surface area contributed by atoms with Crippen LogP contribution in [-0.4, -0.2) is 38.9 Å². The Morgan fingerprint density at radius 1 is 1.28 bits per heavy atom. The quantitative estimate of drug-likeness (QED) is 0.418. The van der Waals surface area contributed by atoms with Gasteiger partial charge in [-0.3, -0.25) is 0 Å². The Kier molecular flexibility index (Phi) is 6.16. The van der Waals surface area contributed by atoms with Gasteiger partial charge in [0.15, 0.2) is 18.2 Å². The van der Waals surface area contributed by atoms with Crippen molar-refractivity contribution in [2.45, 2.75) is 46.9 Å². The van der Waals surface area contributed by atoms with Gasteiger partial charge in [-0.15, -0.1) is 0 Å². The minimum absolute atomic E-state index is 0.0676. The third-order valence-electron chi connectivity index (χ3n) is 4.17. The fourth-order valence-corrected chi connectivity index (χ4v) is 3.07. The lowest BCUT2D eigenvalue weighted by atomic mass is 10.2. The van der Waals surface area contributed by atoms with Crippen molar-refractivity contribution in [1.82, 2.24) is 25.2 Å². The highest BCUT2D eigenvalue weighted by Crippen LogP contribution is 2.28. The average Bonchev–Trinajstić information content (AvgIpc) is 3.00. The summed E-state index contributed by atoms with van der Waals surface area (Å²) in [7, 11) is 0. The number of nitrogens with zero attached hydrogens (tertiary/aromatic N) is 4. The molecular formula is C20H27N7O2. The fourth-order valence-electron chi connectivity index (χ4n) is 3.07. The number of amides is 2. The molecule has 9 heteroatoms. The van der Waals surface area contributed by atoms with Crippen LogP contribution in [0.4, 0.5) is 10.6 Å². The number of urea groups is 1. The van der Waals surface area contributed by atoms with Crippen LogP contribution in [0.3, 0.4) is 0 Å². The molecule has 3 aromatic rings. The SMILES string of the molecule is CC(C)=NOCc1nc2c(N)nc3ccccc3c2n1CCNC(=O)NC(C)C. The van der Waals surface area contributed by atoms with Gasteiger partial charge >= 0.3 is 6.03 Å². The first-order chi connectivity index (χ1) is 13.9. The first kappa shape index (κ1) is 20.4. The number of hydrogen-bond acceptors (Lipinski definition) is 6. The molecule has 2 aromatic heterocycles. The van der Waals surface area contributed by atoms with Gasteiger partial charge in [-0.2, -0.15) is 0 Å². The molecule has 3 rings (SSSR count). The van der Waals surface area contributed by atoms with E-state index >= 15 is 0 Å². The van der Waals surface area contributed by atoms with E-state index in [0.717, 1.165) is 22.1 Å². The molecule has 1 aromatic carbocycles. The second-order valence-electron chi connectivity index (χ2n) is 7.26. The van der Waals surface area contributed by atoms with Gasteiger partial charge in [0.1, 0.15) is 5.52 Å². The lowest BCUT2D eigenvalue weighted by Gasteiger charge is -2.13. The lowest BCUT2D eigenvalue weighted by molar-refractivity contribution is 0.122. The van der Waals surface area contributed by atoms with E-state index in [0.29, 0.717) is 30.2 Å². The molecule has 29 heavy (non-hydrogen) atoms. The van der Waals surface area contributed by atoms with Crippen molar-refractivity contribution in [3.05, 3.63) is 30.1 Å². The number of fused-ring (bicyclic) bond motifs is 3. The number of anilines is 1. The minimum Gasteiger partial charge on any atom is -0.388 e. The van der Waals surface area contributed by atoms with Crippen LogP contribution in [0.5, 0.6) is 0 Å². The zero-order valence-electron chi connectivity index (χ0n) is 17.2. The predicted octanol–water partition coefficient (Wildman–Crippen LogP) is 2.79. The second kappa shape index (κ2) is 8.76. The third kappa shape index (κ3) is 4.74. The summed E-state index contributed by atoms with van der Waals surface area (Å²) < 4.78 is 2.01. The van der Waals surface area contributed by atoms with Gasteiger partial charge in [0.2, 0.25) is 0 Å². The molecule has 2 amide bonds. The summed E-state index contributed by atoms with van der Waals surface area (Å²) in [5.74, 6) is 1.03. The maximum Gasteiger partial charge on any atom is 0.315 e. The van der Waals surface area contributed by atoms with Gasteiger partial charge in [-0.25, -0.2) is 14.8 Å². The first-order valence-corrected chi connectivity index (χ1v) is 9.57. The van der Waals surface area contributed by atoms with Crippen molar-refractivity contribution in [3.63, 3.8) is 0 Å². The number of oxime groups is 1. The largest absolute Gasteiger partial charge is 0.388 e. The smallest absolute Gasteiger partial charge is 0.315 e. The standard InChI is InChI=1S/C20H27N7O2/c1-12(2)23-20(28)22-9-10-27-16(11-29-26-13(3)4)25-17-18(27)14-7-5-6-8-15(14)24-19(17)21/h5-8,12H,9-11H2,1-4H3,(H2,21,24)(H2,22,23,28). The maximum absolute atomic E-state index is 11.9. The molecule has 2 heterocycles. The van der Waals surface area contributed by atoms with E-state index in [1.54, 1.807) is 0 Å². The molecule has 0 bridgehead atoms. The van der Waals surface area contributed by atoms with Crippen molar-refractivity contribution >= 4 is 39.5 Å². The lowest BCUT2D eigenvalue weighted by Crippen LogP contribution is -2.40. The summed E-state index contributed by atoms with van der Waals surface area (Å²) in [4.78, 5) is 26.5. The topological polar surface area (TPSA) is 119 Å². The molecule has 0 spiro atoms. The van der Waals surface area contributed by atoms with Crippen LogP contribution in [0.25, 0.3) is 21.9 Å². The fraction of sp³-hybridized carbons (Fsp3) is 0.400. The van der Waals surface area contributed by atoms with E-state index in [4.69, 9.17) is 10.6 Å². The molecule has 0 aliphatic carbocycles. The number of nitrogen functional groups attached to an aromatic ring is 1. The van der Waals surface area contributed by atoms with Gasteiger partial charge < -0.3 is 25.8 Å². The Labute approximate surface area is 169 Å². The van der Waals surface area contributed by atoms with Gasteiger partial charge in [0.05, 0.1) is 16.7 Å². The number of imidazole rings is 1. The summed E-state index contributed by atoms with van der Waals surface area (Å²) >= 11 is 0. The molecular weight excluding hydrogens is 370 g/mol. The summed E-state index contributed by atoms with van der Waals surface area (Å²) in [6.07, 6.45) is 0. The number of rotatable bonds is 7. The second-order valence-corrected chi connectivity index (χ2v) is 7.26. The molecule has 9 nitrogen and oxygen atoms in total. The van der Waals surface area contributed by atoms with Crippen LogP contribution in [-0.2, 0) is 18.0 Å². The molecule has 0 unspecified atom stereocenters. The minimum atomic E-state index is -0.209. The Morgan fingerprint density at radius 3 is 2.76 bits per heavy atom. The zero-order chi connectivity index (χ0) is 21.0. The van der Waals surface area contributed by atoms with E-state index in [9.17, 15) is 4.79 Å². The molecule has 4 N–H and O–H groups in total.